The molecule has 1 heterocycles. The molecule has 3 nitrogen and oxygen atoms in total. The summed E-state index contributed by atoms with van der Waals surface area (Å²) in [7, 11) is 0. The molecule has 2 atom stereocenters. The summed E-state index contributed by atoms with van der Waals surface area (Å²) in [5.41, 5.74) is 2.52. The van der Waals surface area contributed by atoms with Crippen LogP contribution >= 0.6 is 0 Å². The number of hydrogen-bond acceptors (Lipinski definition) is 2. The lowest BCUT2D eigenvalue weighted by atomic mass is 10.0. The van der Waals surface area contributed by atoms with Gasteiger partial charge in [0, 0.05) is 6.54 Å². The minimum atomic E-state index is -0.0636. The van der Waals surface area contributed by atoms with Gasteiger partial charge in [0.15, 0.2) is 0 Å². The second-order valence-electron chi connectivity index (χ2n) is 6.64. The van der Waals surface area contributed by atoms with Crippen molar-refractivity contribution in [3.8, 4) is 0 Å². The Kier molecular flexibility index (Phi) is 5.04. The van der Waals surface area contributed by atoms with Gasteiger partial charge in [0.1, 0.15) is 6.17 Å². The van der Waals surface area contributed by atoms with E-state index >= 15 is 0 Å². The highest BCUT2D eigenvalue weighted by Gasteiger charge is 2.40. The second-order valence-corrected chi connectivity index (χ2v) is 6.64. The van der Waals surface area contributed by atoms with Crippen LogP contribution in [0.25, 0.3) is 0 Å². The average molecular weight is 288 g/mol. The Labute approximate surface area is 128 Å². The van der Waals surface area contributed by atoms with Gasteiger partial charge >= 0.3 is 0 Å². The molecule has 3 heteroatoms. The Hall–Kier alpha value is -1.35. The summed E-state index contributed by atoms with van der Waals surface area (Å²) in [6, 6.07) is 8.61. The maximum absolute atomic E-state index is 12.6. The summed E-state index contributed by atoms with van der Waals surface area (Å²) in [6.07, 6.45) is 1.00. The van der Waals surface area contributed by atoms with Crippen LogP contribution in [-0.2, 0) is 4.79 Å². The maximum Gasteiger partial charge on any atom is 0.241 e. The minimum Gasteiger partial charge on any atom is -0.322 e. The van der Waals surface area contributed by atoms with Crippen molar-refractivity contribution in [2.45, 2.75) is 59.2 Å². The summed E-state index contributed by atoms with van der Waals surface area (Å²) in [6.45, 7) is 11.5. The number of nitrogens with one attached hydrogen (secondary N) is 1. The molecule has 1 aliphatic heterocycles. The van der Waals surface area contributed by atoms with Gasteiger partial charge in [0.25, 0.3) is 0 Å². The molecule has 1 saturated heterocycles. The topological polar surface area (TPSA) is 32.3 Å². The molecule has 1 aromatic carbocycles. The smallest absolute Gasteiger partial charge is 0.241 e. The van der Waals surface area contributed by atoms with Crippen LogP contribution in [0, 0.1) is 5.92 Å². The van der Waals surface area contributed by atoms with Gasteiger partial charge in [-0.2, -0.15) is 0 Å². The van der Waals surface area contributed by atoms with Gasteiger partial charge < -0.3 is 4.90 Å². The predicted molar refractivity (Wildman–Crippen MR) is 87.0 cm³/mol. The van der Waals surface area contributed by atoms with Crippen molar-refractivity contribution >= 4 is 5.91 Å². The zero-order chi connectivity index (χ0) is 15.6. The molecule has 1 aliphatic rings. The number of hydrogen-bond donors (Lipinski definition) is 1. The van der Waals surface area contributed by atoms with E-state index in [1.165, 1.54) is 11.1 Å². The zero-order valence-electron chi connectivity index (χ0n) is 13.9. The molecule has 0 aliphatic carbocycles. The van der Waals surface area contributed by atoms with Crippen molar-refractivity contribution in [1.29, 1.82) is 0 Å². The predicted octanol–water partition coefficient (Wildman–Crippen LogP) is 3.68. The molecule has 2 unspecified atom stereocenters. The standard InChI is InChI=1S/C18H28N2O/c1-6-11-20-17(19-16(13(4)5)18(20)21)15-9-7-14(8-10-15)12(2)3/h7-10,12-13,16-17,19H,6,11H2,1-5H3. The SMILES string of the molecule is CCCN1C(=O)C(C(C)C)NC1c1ccc(C(C)C)cc1. The normalized spacial score (nSPS) is 22.6. The first-order valence-electron chi connectivity index (χ1n) is 8.12. The van der Waals surface area contributed by atoms with E-state index in [9.17, 15) is 4.79 Å². The molecule has 1 amide bonds. The van der Waals surface area contributed by atoms with E-state index in [2.05, 4.69) is 64.2 Å². The van der Waals surface area contributed by atoms with E-state index in [-0.39, 0.29) is 18.1 Å². The molecule has 21 heavy (non-hydrogen) atoms. The highest BCUT2D eigenvalue weighted by atomic mass is 16.2. The van der Waals surface area contributed by atoms with E-state index in [0.29, 0.717) is 11.8 Å². The third-order valence-corrected chi connectivity index (χ3v) is 4.25. The monoisotopic (exact) mass is 288 g/mol. The first-order valence-corrected chi connectivity index (χ1v) is 8.12. The first kappa shape index (κ1) is 16.0. The number of carbonyl (C=O) groups is 1. The molecule has 0 radical (unpaired) electrons. The Morgan fingerprint density at radius 2 is 1.76 bits per heavy atom. The van der Waals surface area contributed by atoms with E-state index in [4.69, 9.17) is 0 Å². The van der Waals surface area contributed by atoms with E-state index in [1.54, 1.807) is 0 Å². The first-order chi connectivity index (χ1) is 9.95. The summed E-state index contributed by atoms with van der Waals surface area (Å²) in [4.78, 5) is 14.6. The Balaban J connectivity index is 2.25. The van der Waals surface area contributed by atoms with Crippen LogP contribution in [0.5, 0.6) is 0 Å². The lowest BCUT2D eigenvalue weighted by Gasteiger charge is -2.24. The van der Waals surface area contributed by atoms with Crippen molar-refractivity contribution < 1.29 is 4.79 Å². The van der Waals surface area contributed by atoms with Crippen LogP contribution in [-0.4, -0.2) is 23.4 Å². The van der Waals surface area contributed by atoms with E-state index in [0.717, 1.165) is 13.0 Å². The van der Waals surface area contributed by atoms with E-state index < -0.39 is 0 Å². The van der Waals surface area contributed by atoms with Gasteiger partial charge in [-0.1, -0.05) is 58.9 Å². The molecule has 1 N–H and O–H groups in total. The molecule has 0 bridgehead atoms. The fourth-order valence-corrected chi connectivity index (χ4v) is 2.93. The summed E-state index contributed by atoms with van der Waals surface area (Å²) < 4.78 is 0. The van der Waals surface area contributed by atoms with Crippen LogP contribution in [0.1, 0.15) is 64.3 Å². The van der Waals surface area contributed by atoms with Crippen molar-refractivity contribution in [1.82, 2.24) is 10.2 Å². The Morgan fingerprint density at radius 1 is 1.14 bits per heavy atom. The van der Waals surface area contributed by atoms with E-state index in [1.807, 2.05) is 4.90 Å². The lowest BCUT2D eigenvalue weighted by molar-refractivity contribution is -0.130. The lowest BCUT2D eigenvalue weighted by Crippen LogP contribution is -2.34. The summed E-state index contributed by atoms with van der Waals surface area (Å²) in [5, 5.41) is 3.52. The van der Waals surface area contributed by atoms with Crippen LogP contribution in [0.2, 0.25) is 0 Å². The average Bonchev–Trinajstić information content (AvgIpc) is 2.77. The third kappa shape index (κ3) is 3.29. The van der Waals surface area contributed by atoms with Crippen molar-refractivity contribution in [3.63, 3.8) is 0 Å². The number of benzene rings is 1. The highest BCUT2D eigenvalue weighted by molar-refractivity contribution is 5.84. The molecular formula is C18H28N2O. The Morgan fingerprint density at radius 3 is 2.24 bits per heavy atom. The fourth-order valence-electron chi connectivity index (χ4n) is 2.93. The number of rotatable bonds is 5. The summed E-state index contributed by atoms with van der Waals surface area (Å²) in [5.74, 6) is 1.09. The number of amides is 1. The molecule has 1 aromatic rings. The second kappa shape index (κ2) is 6.61. The van der Waals surface area contributed by atoms with Gasteiger partial charge in [0.2, 0.25) is 5.91 Å². The maximum atomic E-state index is 12.6. The number of carbonyl (C=O) groups excluding carboxylic acids is 1. The molecule has 2 rings (SSSR count). The molecule has 0 saturated carbocycles. The molecule has 0 aromatic heterocycles. The van der Waals surface area contributed by atoms with Crippen molar-refractivity contribution in [2.24, 2.45) is 5.92 Å². The fraction of sp³-hybridized carbons (Fsp3) is 0.611. The van der Waals surface area contributed by atoms with Crippen molar-refractivity contribution in [2.75, 3.05) is 6.54 Å². The van der Waals surface area contributed by atoms with Crippen LogP contribution < -0.4 is 5.32 Å². The third-order valence-electron chi connectivity index (χ3n) is 4.25. The molecular weight excluding hydrogens is 260 g/mol. The van der Waals surface area contributed by atoms with Gasteiger partial charge in [0.05, 0.1) is 6.04 Å². The molecule has 0 spiro atoms. The zero-order valence-corrected chi connectivity index (χ0v) is 13.9. The van der Waals surface area contributed by atoms with Crippen LogP contribution in [0.3, 0.4) is 0 Å². The van der Waals surface area contributed by atoms with Crippen LogP contribution in [0.4, 0.5) is 0 Å². The largest absolute Gasteiger partial charge is 0.322 e. The van der Waals surface area contributed by atoms with Crippen molar-refractivity contribution in [3.05, 3.63) is 35.4 Å². The number of nitrogens with zero attached hydrogens (tertiary/aromatic N) is 1. The van der Waals surface area contributed by atoms with Gasteiger partial charge in [-0.15, -0.1) is 0 Å². The highest BCUT2D eigenvalue weighted by Crippen LogP contribution is 2.29. The van der Waals surface area contributed by atoms with Gasteiger partial charge in [-0.25, -0.2) is 0 Å². The molecule has 116 valence electrons. The Bertz CT molecular complexity index is 478. The van der Waals surface area contributed by atoms with Gasteiger partial charge in [-0.05, 0) is 29.4 Å². The quantitative estimate of drug-likeness (QED) is 0.896. The van der Waals surface area contributed by atoms with Crippen LogP contribution in [0.15, 0.2) is 24.3 Å². The summed E-state index contributed by atoms with van der Waals surface area (Å²) >= 11 is 0. The molecule has 1 fully saturated rings. The van der Waals surface area contributed by atoms with Gasteiger partial charge in [-0.3, -0.25) is 10.1 Å². The minimum absolute atomic E-state index is 0.0195.